The van der Waals surface area contributed by atoms with E-state index < -0.39 is 0 Å². The molecule has 236 valence electrons. The average molecular weight is 641 g/mol. The Morgan fingerprint density at radius 2 is 0.780 bits per heavy atom. The summed E-state index contributed by atoms with van der Waals surface area (Å²) in [4.78, 5) is 10.2. The average Bonchev–Trinajstić information content (AvgIpc) is 3.74. The van der Waals surface area contributed by atoms with E-state index in [0.29, 0.717) is 0 Å². The third-order valence-corrected chi connectivity index (χ3v) is 10.9. The van der Waals surface area contributed by atoms with Crippen LogP contribution in [0.3, 0.4) is 0 Å². The van der Waals surface area contributed by atoms with Gasteiger partial charge in [0.05, 0.1) is 33.4 Å². The maximum atomic E-state index is 5.09. The molecule has 50 heavy (non-hydrogen) atoms. The lowest BCUT2D eigenvalue weighted by atomic mass is 9.87. The summed E-state index contributed by atoms with van der Waals surface area (Å²) in [6, 6.07) is 49.3. The predicted molar refractivity (Wildman–Crippen MR) is 211 cm³/mol. The topological polar surface area (TPSA) is 35.6 Å². The minimum Gasteiger partial charge on any atom is -0.296 e. The number of imidazole rings is 2. The molecule has 0 radical (unpaired) electrons. The second-order valence-electron chi connectivity index (χ2n) is 13.5. The van der Waals surface area contributed by atoms with E-state index in [0.717, 1.165) is 46.6 Å². The monoisotopic (exact) mass is 640 g/mol. The van der Waals surface area contributed by atoms with Gasteiger partial charge in [0.25, 0.3) is 0 Å². The highest BCUT2D eigenvalue weighted by molar-refractivity contribution is 6.38. The molecule has 0 spiro atoms. The van der Waals surface area contributed by atoms with Gasteiger partial charge in [-0.1, -0.05) is 111 Å². The Bertz CT molecular complexity index is 2960. The highest BCUT2D eigenvalue weighted by Crippen LogP contribution is 2.46. The molecule has 2 heterocycles. The summed E-state index contributed by atoms with van der Waals surface area (Å²) in [5.74, 6) is 2.15. The van der Waals surface area contributed by atoms with E-state index in [1.807, 2.05) is 0 Å². The fourth-order valence-electron chi connectivity index (χ4n) is 8.89. The minimum atomic E-state index is 0.844. The van der Waals surface area contributed by atoms with Crippen LogP contribution < -0.4 is 0 Å². The number of fused-ring (bicyclic) bond motifs is 4. The maximum Gasteiger partial charge on any atom is 0.114 e. The van der Waals surface area contributed by atoms with Crippen LogP contribution in [0.5, 0.6) is 0 Å². The highest BCUT2D eigenvalue weighted by atomic mass is 15.1. The molecule has 0 atom stereocenters. The van der Waals surface area contributed by atoms with Gasteiger partial charge in [-0.15, -0.1) is 0 Å². The van der Waals surface area contributed by atoms with Crippen LogP contribution in [0.25, 0.3) is 98.1 Å². The van der Waals surface area contributed by atoms with E-state index in [2.05, 4.69) is 156 Å². The maximum absolute atomic E-state index is 5.09. The van der Waals surface area contributed by atoms with Crippen LogP contribution in [0, 0.1) is 0 Å². The highest BCUT2D eigenvalue weighted by Gasteiger charge is 2.22. The van der Waals surface area contributed by atoms with E-state index in [4.69, 9.17) is 9.97 Å². The quantitative estimate of drug-likeness (QED) is 0.179. The van der Waals surface area contributed by atoms with Crippen LogP contribution in [0.2, 0.25) is 0 Å². The minimum absolute atomic E-state index is 0.844. The molecule has 0 aliphatic carbocycles. The molecular weight excluding hydrogens is 609 g/mol. The van der Waals surface area contributed by atoms with Gasteiger partial charge in [0.1, 0.15) is 11.6 Å². The number of nitrogens with zero attached hydrogens (tertiary/aromatic N) is 4. The molecule has 2 aromatic heterocycles. The lowest BCUT2D eigenvalue weighted by Crippen LogP contribution is -2.02. The Labute approximate surface area is 288 Å². The molecule has 9 aromatic carbocycles. The van der Waals surface area contributed by atoms with Gasteiger partial charge in [0, 0.05) is 34.4 Å². The summed E-state index contributed by atoms with van der Waals surface area (Å²) >= 11 is 0. The smallest absolute Gasteiger partial charge is 0.114 e. The van der Waals surface area contributed by atoms with Crippen LogP contribution in [-0.4, -0.2) is 19.1 Å². The lowest BCUT2D eigenvalue weighted by Gasteiger charge is -2.20. The zero-order valence-electron chi connectivity index (χ0n) is 27.9. The number of para-hydroxylation sites is 4. The SMILES string of the molecule is CCc1nc2ccccc2n1-c1cc2cccc3c4cccc5c(-n6c(CC)nc7ccccc76)cc6cccc(c7cccc1c7c23)c6c54. The van der Waals surface area contributed by atoms with Crippen molar-refractivity contribution in [2.75, 3.05) is 0 Å². The lowest BCUT2D eigenvalue weighted by molar-refractivity contribution is 0.913. The Balaban J connectivity index is 1.38. The van der Waals surface area contributed by atoms with Gasteiger partial charge in [-0.2, -0.15) is 0 Å². The second-order valence-corrected chi connectivity index (χ2v) is 13.5. The molecule has 4 heteroatoms. The van der Waals surface area contributed by atoms with Gasteiger partial charge >= 0.3 is 0 Å². The Hall–Kier alpha value is -6.26. The molecule has 0 bridgehead atoms. The van der Waals surface area contributed by atoms with Gasteiger partial charge < -0.3 is 0 Å². The summed E-state index contributed by atoms with van der Waals surface area (Å²) in [7, 11) is 0. The molecule has 0 amide bonds. The van der Waals surface area contributed by atoms with Crippen LogP contribution in [0.4, 0.5) is 0 Å². The van der Waals surface area contributed by atoms with Crippen LogP contribution >= 0.6 is 0 Å². The van der Waals surface area contributed by atoms with Gasteiger partial charge in [-0.05, 0) is 79.5 Å². The van der Waals surface area contributed by atoms with E-state index in [1.54, 1.807) is 0 Å². The van der Waals surface area contributed by atoms with E-state index in [1.165, 1.54) is 76.0 Å². The van der Waals surface area contributed by atoms with Crippen molar-refractivity contribution >= 4 is 86.7 Å². The molecule has 0 aliphatic heterocycles. The van der Waals surface area contributed by atoms with E-state index >= 15 is 0 Å². The summed E-state index contributed by atoms with van der Waals surface area (Å²) in [5, 5.41) is 15.2. The van der Waals surface area contributed by atoms with Crippen LogP contribution in [0.15, 0.2) is 133 Å². The first kappa shape index (κ1) is 27.7. The third kappa shape index (κ3) is 3.55. The number of hydrogen-bond acceptors (Lipinski definition) is 2. The molecule has 0 fully saturated rings. The first-order chi connectivity index (χ1) is 24.7. The number of benzene rings is 8. The Kier molecular flexibility index (Phi) is 5.60. The van der Waals surface area contributed by atoms with Crippen molar-refractivity contribution in [3.63, 3.8) is 0 Å². The van der Waals surface area contributed by atoms with Crippen molar-refractivity contribution in [1.29, 1.82) is 0 Å². The zero-order valence-corrected chi connectivity index (χ0v) is 27.9. The summed E-state index contributed by atoms with van der Waals surface area (Å²) in [5.41, 5.74) is 6.70. The molecule has 11 aromatic rings. The van der Waals surface area contributed by atoms with Crippen molar-refractivity contribution in [1.82, 2.24) is 19.1 Å². The molecule has 4 nitrogen and oxygen atoms in total. The van der Waals surface area contributed by atoms with Gasteiger partial charge in [-0.25, -0.2) is 9.97 Å². The Morgan fingerprint density at radius 1 is 0.400 bits per heavy atom. The first-order valence-corrected chi connectivity index (χ1v) is 17.6. The van der Waals surface area contributed by atoms with Crippen molar-refractivity contribution < 1.29 is 0 Å². The largest absolute Gasteiger partial charge is 0.296 e. The summed E-state index contributed by atoms with van der Waals surface area (Å²) in [6.45, 7) is 4.40. The summed E-state index contributed by atoms with van der Waals surface area (Å²) < 4.78 is 4.78. The number of hydrogen-bond donors (Lipinski definition) is 0. The van der Waals surface area contributed by atoms with E-state index in [9.17, 15) is 0 Å². The van der Waals surface area contributed by atoms with Crippen molar-refractivity contribution in [2.45, 2.75) is 26.7 Å². The normalized spacial score (nSPS) is 12.4. The molecule has 0 aliphatic rings. The zero-order chi connectivity index (χ0) is 33.1. The van der Waals surface area contributed by atoms with Gasteiger partial charge in [0.15, 0.2) is 0 Å². The standard InChI is InChI=1S/C46H32N4/c1-3-41-47-35-21-5-7-23-37(35)49(41)39-25-27-13-9-15-30-32-18-12-20-34-40(50-38-24-8-6-22-36(38)48-42(50)4-2)26-28-14-10-16-29(44(28)46(32)34)31-17-11-19-33(39)45(31)43(27)30/h5-26H,3-4H2,1-2H3. The third-order valence-electron chi connectivity index (χ3n) is 10.9. The Morgan fingerprint density at radius 3 is 1.22 bits per heavy atom. The molecule has 0 unspecified atom stereocenters. The molecule has 0 saturated heterocycles. The number of rotatable bonds is 4. The fourth-order valence-corrected chi connectivity index (χ4v) is 8.89. The van der Waals surface area contributed by atoms with Crippen molar-refractivity contribution in [3.05, 3.63) is 145 Å². The molecule has 0 saturated carbocycles. The number of aromatic nitrogens is 4. The predicted octanol–water partition coefficient (Wildman–Crippen LogP) is 11.8. The van der Waals surface area contributed by atoms with Gasteiger partial charge in [-0.3, -0.25) is 9.13 Å². The van der Waals surface area contributed by atoms with Crippen LogP contribution in [0.1, 0.15) is 25.5 Å². The fraction of sp³-hybridized carbons (Fsp3) is 0.0870. The second kappa shape index (κ2) is 10.1. The van der Waals surface area contributed by atoms with Crippen molar-refractivity contribution in [3.8, 4) is 11.4 Å². The molecule has 0 N–H and O–H groups in total. The van der Waals surface area contributed by atoms with Crippen LogP contribution in [-0.2, 0) is 12.8 Å². The van der Waals surface area contributed by atoms with E-state index in [-0.39, 0.29) is 0 Å². The van der Waals surface area contributed by atoms with Crippen molar-refractivity contribution in [2.24, 2.45) is 0 Å². The summed E-state index contributed by atoms with van der Waals surface area (Å²) in [6.07, 6.45) is 1.69. The number of aryl methyl sites for hydroxylation is 2. The van der Waals surface area contributed by atoms with Gasteiger partial charge in [0.2, 0.25) is 0 Å². The molecular formula is C46H32N4. The molecule has 11 rings (SSSR count). The first-order valence-electron chi connectivity index (χ1n) is 17.6.